The van der Waals surface area contributed by atoms with E-state index < -0.39 is 0 Å². The van der Waals surface area contributed by atoms with Crippen molar-refractivity contribution in [3.05, 3.63) is 29.8 Å². The van der Waals surface area contributed by atoms with Gasteiger partial charge in [-0.15, -0.1) is 0 Å². The first kappa shape index (κ1) is 8.45. The predicted octanol–water partition coefficient (Wildman–Crippen LogP) is 2.70. The van der Waals surface area contributed by atoms with Gasteiger partial charge in [0.05, 0.1) is 7.11 Å². The van der Waals surface area contributed by atoms with Gasteiger partial charge in [-0.1, -0.05) is 17.7 Å². The van der Waals surface area contributed by atoms with Crippen molar-refractivity contribution in [2.75, 3.05) is 12.4 Å². The number of hydrogen-bond acceptors (Lipinski definition) is 2. The highest BCUT2D eigenvalue weighted by atomic mass is 35.5. The fraction of sp³-hybridized carbons (Fsp3) is 0.200. The van der Waals surface area contributed by atoms with Crippen LogP contribution in [0.2, 0.25) is 0 Å². The van der Waals surface area contributed by atoms with Crippen molar-refractivity contribution in [3.63, 3.8) is 0 Å². The van der Waals surface area contributed by atoms with E-state index in [-0.39, 0.29) is 5.50 Å². The summed E-state index contributed by atoms with van der Waals surface area (Å²) in [6, 6.07) is 5.85. The molecule has 0 aromatic heterocycles. The lowest BCUT2D eigenvalue weighted by molar-refractivity contribution is 0.415. The second-order valence-corrected chi connectivity index (χ2v) is 3.33. The van der Waals surface area contributed by atoms with Crippen molar-refractivity contribution in [3.8, 4) is 5.75 Å². The zero-order chi connectivity index (χ0) is 9.26. The summed E-state index contributed by atoms with van der Waals surface area (Å²) in [5, 5.41) is 3.13. The lowest BCUT2D eigenvalue weighted by atomic mass is 10.1. The topological polar surface area (TPSA) is 21.3 Å². The molecule has 1 heterocycles. The zero-order valence-corrected chi connectivity index (χ0v) is 8.01. The summed E-state index contributed by atoms with van der Waals surface area (Å²) in [5.41, 5.74) is 2.04. The van der Waals surface area contributed by atoms with E-state index in [2.05, 4.69) is 5.32 Å². The third-order valence-corrected chi connectivity index (χ3v) is 2.25. The summed E-state index contributed by atoms with van der Waals surface area (Å²) >= 11 is 5.89. The van der Waals surface area contributed by atoms with Gasteiger partial charge in [0.1, 0.15) is 11.3 Å². The Hall–Kier alpha value is -1.15. The first-order valence-electron chi connectivity index (χ1n) is 4.06. The number of ether oxygens (including phenoxy) is 1. The molecule has 2 rings (SSSR count). The summed E-state index contributed by atoms with van der Waals surface area (Å²) in [6.07, 6.45) is 3.90. The van der Waals surface area contributed by atoms with E-state index >= 15 is 0 Å². The number of nitrogens with one attached hydrogen (secondary N) is 1. The van der Waals surface area contributed by atoms with Gasteiger partial charge >= 0.3 is 0 Å². The van der Waals surface area contributed by atoms with Crippen molar-refractivity contribution < 1.29 is 4.74 Å². The number of anilines is 1. The molecular weight excluding hydrogens is 186 g/mol. The van der Waals surface area contributed by atoms with Crippen LogP contribution in [0.1, 0.15) is 5.56 Å². The molecule has 1 aromatic carbocycles. The molecule has 1 N–H and O–H groups in total. The minimum Gasteiger partial charge on any atom is -0.497 e. The highest BCUT2D eigenvalue weighted by molar-refractivity contribution is 6.23. The second-order valence-electron chi connectivity index (χ2n) is 2.86. The SMILES string of the molecule is COc1ccc2c(c1)C=C[C@@H](Cl)N2. The second kappa shape index (κ2) is 3.30. The zero-order valence-electron chi connectivity index (χ0n) is 7.25. The maximum atomic E-state index is 5.89. The van der Waals surface area contributed by atoms with Gasteiger partial charge in [-0.05, 0) is 24.3 Å². The molecule has 0 spiro atoms. The van der Waals surface area contributed by atoms with Crippen LogP contribution in [-0.4, -0.2) is 12.6 Å². The quantitative estimate of drug-likeness (QED) is 0.550. The van der Waals surface area contributed by atoms with Crippen molar-refractivity contribution in [1.82, 2.24) is 0 Å². The number of benzene rings is 1. The van der Waals surface area contributed by atoms with E-state index in [1.54, 1.807) is 7.11 Å². The molecule has 3 heteroatoms. The minimum absolute atomic E-state index is 0.110. The molecule has 2 nitrogen and oxygen atoms in total. The monoisotopic (exact) mass is 195 g/mol. The van der Waals surface area contributed by atoms with Crippen LogP contribution < -0.4 is 10.1 Å². The van der Waals surface area contributed by atoms with Crippen LogP contribution in [0.4, 0.5) is 5.69 Å². The average Bonchev–Trinajstić information content (AvgIpc) is 2.17. The summed E-state index contributed by atoms with van der Waals surface area (Å²) in [5.74, 6) is 0.859. The standard InChI is InChI=1S/C10H10ClNO/c1-13-8-3-4-9-7(6-8)2-5-10(11)12-9/h2-6,10,12H,1H3/t10-/m0/s1. The molecule has 68 valence electrons. The van der Waals surface area contributed by atoms with Crippen LogP contribution in [0.5, 0.6) is 5.75 Å². The smallest absolute Gasteiger partial charge is 0.120 e. The van der Waals surface area contributed by atoms with Gasteiger partial charge in [0.25, 0.3) is 0 Å². The summed E-state index contributed by atoms with van der Waals surface area (Å²) in [6.45, 7) is 0. The van der Waals surface area contributed by atoms with Gasteiger partial charge in [-0.25, -0.2) is 0 Å². The Morgan fingerprint density at radius 1 is 1.46 bits per heavy atom. The van der Waals surface area contributed by atoms with E-state index in [4.69, 9.17) is 16.3 Å². The normalized spacial score (nSPS) is 19.1. The Bertz CT molecular complexity index is 349. The van der Waals surface area contributed by atoms with Crippen LogP contribution in [0.3, 0.4) is 0 Å². The molecule has 0 radical (unpaired) electrons. The fourth-order valence-corrected chi connectivity index (χ4v) is 1.51. The molecule has 0 aliphatic carbocycles. The minimum atomic E-state index is -0.110. The van der Waals surface area contributed by atoms with Gasteiger partial charge in [0.2, 0.25) is 0 Å². The van der Waals surface area contributed by atoms with Crippen molar-refractivity contribution >= 4 is 23.4 Å². The Balaban J connectivity index is 2.40. The van der Waals surface area contributed by atoms with Gasteiger partial charge in [0, 0.05) is 11.3 Å². The van der Waals surface area contributed by atoms with Crippen molar-refractivity contribution in [2.45, 2.75) is 5.50 Å². The van der Waals surface area contributed by atoms with Crippen LogP contribution in [-0.2, 0) is 0 Å². The molecule has 0 unspecified atom stereocenters. The molecule has 0 bridgehead atoms. The number of hydrogen-bond donors (Lipinski definition) is 1. The molecule has 13 heavy (non-hydrogen) atoms. The van der Waals surface area contributed by atoms with Crippen LogP contribution >= 0.6 is 11.6 Å². The van der Waals surface area contributed by atoms with Crippen LogP contribution in [0.15, 0.2) is 24.3 Å². The van der Waals surface area contributed by atoms with Crippen molar-refractivity contribution in [1.29, 1.82) is 0 Å². The Labute approximate surface area is 82.2 Å². The van der Waals surface area contributed by atoms with Crippen LogP contribution in [0.25, 0.3) is 6.08 Å². The number of alkyl halides is 1. The summed E-state index contributed by atoms with van der Waals surface area (Å²) in [4.78, 5) is 0. The molecule has 0 saturated heterocycles. The molecular formula is C10H10ClNO. The Morgan fingerprint density at radius 3 is 3.08 bits per heavy atom. The molecule has 1 aliphatic heterocycles. The van der Waals surface area contributed by atoms with Gasteiger partial charge < -0.3 is 10.1 Å². The third-order valence-electron chi connectivity index (χ3n) is 2.00. The molecule has 1 atom stereocenters. The van der Waals surface area contributed by atoms with E-state index in [1.807, 2.05) is 30.4 Å². The maximum absolute atomic E-state index is 5.89. The largest absolute Gasteiger partial charge is 0.497 e. The third kappa shape index (κ3) is 1.63. The van der Waals surface area contributed by atoms with E-state index in [1.165, 1.54) is 0 Å². The van der Waals surface area contributed by atoms with Gasteiger partial charge in [0.15, 0.2) is 0 Å². The first-order chi connectivity index (χ1) is 6.29. The molecule has 0 saturated carbocycles. The summed E-state index contributed by atoms with van der Waals surface area (Å²) < 4.78 is 5.11. The van der Waals surface area contributed by atoms with Gasteiger partial charge in [-0.2, -0.15) is 0 Å². The maximum Gasteiger partial charge on any atom is 0.120 e. The number of rotatable bonds is 1. The number of methoxy groups -OCH3 is 1. The molecule has 0 fully saturated rings. The summed E-state index contributed by atoms with van der Waals surface area (Å²) in [7, 11) is 1.66. The Morgan fingerprint density at radius 2 is 2.31 bits per heavy atom. The highest BCUT2D eigenvalue weighted by Crippen LogP contribution is 2.27. The predicted molar refractivity (Wildman–Crippen MR) is 55.3 cm³/mol. The van der Waals surface area contributed by atoms with E-state index in [9.17, 15) is 0 Å². The van der Waals surface area contributed by atoms with E-state index in [0.29, 0.717) is 0 Å². The first-order valence-corrected chi connectivity index (χ1v) is 4.50. The fourth-order valence-electron chi connectivity index (χ4n) is 1.32. The van der Waals surface area contributed by atoms with E-state index in [0.717, 1.165) is 17.0 Å². The molecule has 1 aliphatic rings. The molecule has 1 aromatic rings. The number of halogens is 1. The van der Waals surface area contributed by atoms with Gasteiger partial charge in [-0.3, -0.25) is 0 Å². The number of fused-ring (bicyclic) bond motifs is 1. The Kier molecular flexibility index (Phi) is 2.15. The highest BCUT2D eigenvalue weighted by Gasteiger charge is 2.09. The van der Waals surface area contributed by atoms with Crippen LogP contribution in [0, 0.1) is 0 Å². The lowest BCUT2D eigenvalue weighted by Gasteiger charge is -2.17. The average molecular weight is 196 g/mol. The molecule has 0 amide bonds. The lowest BCUT2D eigenvalue weighted by Crippen LogP contribution is -2.12. The van der Waals surface area contributed by atoms with Crippen molar-refractivity contribution in [2.24, 2.45) is 0 Å².